The summed E-state index contributed by atoms with van der Waals surface area (Å²) in [5.74, 6) is -2.50. The molecular weight excluding hydrogens is 496 g/mol. The summed E-state index contributed by atoms with van der Waals surface area (Å²) in [6.07, 6.45) is 0.943. The Labute approximate surface area is 220 Å². The van der Waals surface area contributed by atoms with Crippen LogP contribution in [0.4, 0.5) is 0 Å². The van der Waals surface area contributed by atoms with Gasteiger partial charge in [-0.1, -0.05) is 44.3 Å². The van der Waals surface area contributed by atoms with Crippen LogP contribution in [0.1, 0.15) is 50.7 Å². The van der Waals surface area contributed by atoms with Crippen molar-refractivity contribution in [1.29, 1.82) is 0 Å². The average Bonchev–Trinajstić information content (AvgIpc) is 3.33. The van der Waals surface area contributed by atoms with Crippen LogP contribution in [0.15, 0.2) is 54.2 Å². The van der Waals surface area contributed by atoms with E-state index in [9.17, 15) is 19.2 Å². The normalized spacial score (nSPS) is 11.2. The lowest BCUT2D eigenvalue weighted by Gasteiger charge is -2.20. The highest BCUT2D eigenvalue weighted by Gasteiger charge is 2.19. The van der Waals surface area contributed by atoms with Crippen LogP contribution in [0.5, 0.6) is 0 Å². The summed E-state index contributed by atoms with van der Waals surface area (Å²) in [6.45, 7) is 16.0. The molecule has 1 atom stereocenters. The van der Waals surface area contributed by atoms with Gasteiger partial charge >= 0.3 is 11.9 Å². The number of aromatic nitrogens is 1. The van der Waals surface area contributed by atoms with E-state index in [0.29, 0.717) is 5.01 Å². The third-order valence-corrected chi connectivity index (χ3v) is 5.25. The second-order valence-corrected chi connectivity index (χ2v) is 9.63. The maximum atomic E-state index is 12.3. The van der Waals surface area contributed by atoms with Gasteiger partial charge in [0.05, 0.1) is 12.8 Å². The zero-order valence-electron chi connectivity index (χ0n) is 22.0. The fourth-order valence-electron chi connectivity index (χ4n) is 2.43. The number of ether oxygens (including phenoxy) is 2. The lowest BCUT2D eigenvalue weighted by molar-refractivity contribution is -0.156. The second-order valence-electron chi connectivity index (χ2n) is 8.77. The van der Waals surface area contributed by atoms with E-state index >= 15 is 0 Å². The number of methoxy groups -OCH3 is 1. The number of aryl methyl sites for hydroxylation is 1. The fourth-order valence-corrected chi connectivity index (χ4v) is 3.24. The number of hydrogen-bond acceptors (Lipinski definition) is 9. The molecule has 0 radical (unpaired) electrons. The number of carbonyl (C=O) groups excluding carboxylic acids is 4. The number of hydrogen-bond donors (Lipinski definition) is 3. The smallest absolute Gasteiger partial charge is 0.353 e. The molecule has 1 unspecified atom stereocenters. The highest BCUT2D eigenvalue weighted by Crippen LogP contribution is 2.24. The topological polar surface area (TPSA) is 150 Å². The molecule has 0 aliphatic heterocycles. The Kier molecular flexibility index (Phi) is 11.8. The number of thiazole rings is 1. The molecule has 2 amide bonds. The van der Waals surface area contributed by atoms with Crippen molar-refractivity contribution in [3.63, 3.8) is 0 Å². The number of benzene rings is 1. The van der Waals surface area contributed by atoms with Gasteiger partial charge in [-0.05, 0) is 39.7 Å². The van der Waals surface area contributed by atoms with Crippen LogP contribution in [-0.4, -0.2) is 47.5 Å². The minimum absolute atomic E-state index is 0.162. The van der Waals surface area contributed by atoms with Crippen LogP contribution in [0.3, 0.4) is 0 Å². The molecule has 1 aromatic carbocycles. The molecule has 0 saturated carbocycles. The Balaban J connectivity index is 0.000000580. The average molecular weight is 531 g/mol. The highest BCUT2D eigenvalue weighted by molar-refractivity contribution is 7.13. The zero-order chi connectivity index (χ0) is 28.3. The largest absolute Gasteiger partial charge is 0.464 e. The van der Waals surface area contributed by atoms with Gasteiger partial charge in [0.15, 0.2) is 0 Å². The van der Waals surface area contributed by atoms with E-state index < -0.39 is 29.4 Å². The molecule has 2 aromatic rings. The molecule has 10 nitrogen and oxygen atoms in total. The van der Waals surface area contributed by atoms with Gasteiger partial charge in [0, 0.05) is 10.9 Å². The van der Waals surface area contributed by atoms with Gasteiger partial charge in [-0.3, -0.25) is 14.4 Å². The summed E-state index contributed by atoms with van der Waals surface area (Å²) < 4.78 is 9.36. The Morgan fingerprint density at radius 2 is 1.68 bits per heavy atom. The first kappa shape index (κ1) is 31.2. The van der Waals surface area contributed by atoms with Crippen molar-refractivity contribution in [2.75, 3.05) is 7.11 Å². The van der Waals surface area contributed by atoms with Crippen LogP contribution in [-0.2, 0) is 30.3 Å². The van der Waals surface area contributed by atoms with E-state index in [1.165, 1.54) is 16.9 Å². The molecule has 11 heteroatoms. The fraction of sp³-hybridized carbons (Fsp3) is 0.346. The van der Waals surface area contributed by atoms with Crippen LogP contribution >= 0.6 is 11.3 Å². The maximum Gasteiger partial charge on any atom is 0.353 e. The van der Waals surface area contributed by atoms with E-state index in [1.54, 1.807) is 12.3 Å². The quantitative estimate of drug-likeness (QED) is 0.348. The van der Waals surface area contributed by atoms with Crippen LogP contribution in [0.2, 0.25) is 0 Å². The van der Waals surface area contributed by atoms with Crippen molar-refractivity contribution >= 4 is 35.1 Å². The molecule has 4 N–H and O–H groups in total. The molecule has 200 valence electrons. The van der Waals surface area contributed by atoms with Crippen LogP contribution in [0.25, 0.3) is 10.6 Å². The van der Waals surface area contributed by atoms with Crippen LogP contribution in [0, 0.1) is 0 Å². The van der Waals surface area contributed by atoms with Gasteiger partial charge < -0.3 is 25.8 Å². The van der Waals surface area contributed by atoms with E-state index in [-0.39, 0.29) is 23.1 Å². The first-order valence-corrected chi connectivity index (χ1v) is 12.2. The molecule has 0 fully saturated rings. The number of rotatable bonds is 8. The highest BCUT2D eigenvalue weighted by atomic mass is 32.1. The second kappa shape index (κ2) is 14.0. The summed E-state index contributed by atoms with van der Waals surface area (Å²) in [7, 11) is 1.16. The minimum Gasteiger partial charge on any atom is -0.464 e. The van der Waals surface area contributed by atoms with Gasteiger partial charge in [0.25, 0.3) is 11.8 Å². The Morgan fingerprint density at radius 3 is 2.14 bits per heavy atom. The number of esters is 2. The number of amides is 2. The molecule has 0 spiro atoms. The van der Waals surface area contributed by atoms with E-state index in [2.05, 4.69) is 40.4 Å². The molecule has 1 aromatic heterocycles. The van der Waals surface area contributed by atoms with Gasteiger partial charge in [0.1, 0.15) is 28.0 Å². The number of nitrogens with zero attached hydrogens (tertiary/aromatic N) is 1. The third-order valence-electron chi connectivity index (χ3n) is 4.36. The van der Waals surface area contributed by atoms with Crippen molar-refractivity contribution in [2.45, 2.75) is 52.7 Å². The lowest BCUT2D eigenvalue weighted by Crippen LogP contribution is -2.35. The Bertz CT molecular complexity index is 1150. The monoisotopic (exact) mass is 530 g/mol. The predicted octanol–water partition coefficient (Wildman–Crippen LogP) is 3.09. The van der Waals surface area contributed by atoms with Crippen molar-refractivity contribution in [3.05, 3.63) is 65.5 Å². The molecule has 0 aliphatic rings. The van der Waals surface area contributed by atoms with Gasteiger partial charge in [-0.25, -0.2) is 9.78 Å². The van der Waals surface area contributed by atoms with E-state index in [0.717, 1.165) is 19.1 Å². The first-order valence-electron chi connectivity index (χ1n) is 11.3. The molecular formula is C26H34N4O6S. The summed E-state index contributed by atoms with van der Waals surface area (Å²) >= 11 is 1.32. The summed E-state index contributed by atoms with van der Waals surface area (Å²) in [4.78, 5) is 50.5. The molecule has 1 heterocycles. The lowest BCUT2D eigenvalue weighted by atomic mass is 10.1. The molecule has 0 saturated heterocycles. The van der Waals surface area contributed by atoms with E-state index in [4.69, 9.17) is 10.5 Å². The Morgan fingerprint density at radius 1 is 1.08 bits per heavy atom. The standard InChI is InChI=1S/C19H19N3O4S.C7H15NO2/c1-5-13-6-8-14(9-7-13)18-22-15(10-27-18)17(24)20-11(2)16(23)21-12(3)19(25)26-4;1-5(8)6(9)10-7(2,3)4/h6-10H,2-3,5H2,1,4H3,(H,20,24)(H,21,23);5H,8H2,1-4H3. The van der Waals surface area contributed by atoms with Crippen LogP contribution < -0.4 is 16.4 Å². The van der Waals surface area contributed by atoms with Gasteiger partial charge in [-0.15, -0.1) is 11.3 Å². The summed E-state index contributed by atoms with van der Waals surface area (Å²) in [6, 6.07) is 7.39. The predicted molar refractivity (Wildman–Crippen MR) is 142 cm³/mol. The first-order chi connectivity index (χ1) is 17.2. The third kappa shape index (κ3) is 10.8. The van der Waals surface area contributed by atoms with Gasteiger partial charge in [-0.2, -0.15) is 0 Å². The van der Waals surface area contributed by atoms with E-state index in [1.807, 2.05) is 45.0 Å². The minimum atomic E-state index is -0.791. The van der Waals surface area contributed by atoms with Gasteiger partial charge in [0.2, 0.25) is 0 Å². The molecule has 2 rings (SSSR count). The summed E-state index contributed by atoms with van der Waals surface area (Å²) in [5, 5.41) is 6.82. The summed E-state index contributed by atoms with van der Waals surface area (Å²) in [5.41, 5.74) is 6.62. The van der Waals surface area contributed by atoms with Crippen molar-refractivity contribution in [1.82, 2.24) is 15.6 Å². The molecule has 37 heavy (non-hydrogen) atoms. The zero-order valence-corrected chi connectivity index (χ0v) is 22.8. The van der Waals surface area contributed by atoms with Crippen molar-refractivity contribution in [3.8, 4) is 10.6 Å². The number of carbonyl (C=O) groups is 4. The molecule has 0 aliphatic carbocycles. The maximum absolute atomic E-state index is 12.3. The van der Waals surface area contributed by atoms with Crippen molar-refractivity contribution in [2.24, 2.45) is 5.73 Å². The molecule has 0 bridgehead atoms. The number of nitrogens with two attached hydrogens (primary N) is 1. The van der Waals surface area contributed by atoms with Crippen molar-refractivity contribution < 1.29 is 28.7 Å². The SMILES string of the molecule is C=C(NC(=O)c1csc(-c2ccc(CC)cc2)n1)C(=O)NC(=C)C(=O)OC.CC(N)C(=O)OC(C)(C)C. The Hall–Kier alpha value is -3.83. The number of nitrogens with one attached hydrogen (secondary N) is 2.